The summed E-state index contributed by atoms with van der Waals surface area (Å²) in [5, 5.41) is 3.30. The number of nitrogens with zero attached hydrogens (tertiary/aromatic N) is 1. The zero-order valence-corrected chi connectivity index (χ0v) is 20.1. The van der Waals surface area contributed by atoms with Crippen molar-refractivity contribution in [3.63, 3.8) is 0 Å². The lowest BCUT2D eigenvalue weighted by Gasteiger charge is -2.25. The molecule has 7 nitrogen and oxygen atoms in total. The van der Waals surface area contributed by atoms with Gasteiger partial charge in [0.15, 0.2) is 11.5 Å². The molecule has 0 saturated heterocycles. The molecule has 0 spiro atoms. The van der Waals surface area contributed by atoms with Crippen LogP contribution in [-0.2, 0) is 14.8 Å². The van der Waals surface area contributed by atoms with Gasteiger partial charge in [-0.3, -0.25) is 9.10 Å². The number of anilines is 1. The standard InChI is InChI=1S/C24H25ClN2O5S/c1-17(18-7-5-4-6-8-18)26-24(28)16-27(20-11-9-19(25)10-12-20)33(29,30)21-13-14-22(31-2)23(15-21)32-3/h4-15,17H,16H2,1-3H3,(H,26,28). The van der Waals surface area contributed by atoms with Crippen molar-refractivity contribution >= 4 is 33.2 Å². The van der Waals surface area contributed by atoms with Gasteiger partial charge in [0.25, 0.3) is 10.0 Å². The van der Waals surface area contributed by atoms with E-state index in [0.717, 1.165) is 9.87 Å². The smallest absolute Gasteiger partial charge is 0.264 e. The van der Waals surface area contributed by atoms with Crippen LogP contribution in [0.5, 0.6) is 11.5 Å². The number of methoxy groups -OCH3 is 2. The fourth-order valence-corrected chi connectivity index (χ4v) is 4.83. The largest absolute Gasteiger partial charge is 0.493 e. The van der Waals surface area contributed by atoms with E-state index in [1.165, 1.54) is 32.4 Å². The summed E-state index contributed by atoms with van der Waals surface area (Å²) in [6.07, 6.45) is 0. The molecule has 0 aliphatic rings. The fraction of sp³-hybridized carbons (Fsp3) is 0.208. The maximum Gasteiger partial charge on any atom is 0.264 e. The maximum absolute atomic E-state index is 13.6. The average molecular weight is 489 g/mol. The minimum Gasteiger partial charge on any atom is -0.493 e. The van der Waals surface area contributed by atoms with Gasteiger partial charge in [-0.2, -0.15) is 0 Å². The van der Waals surface area contributed by atoms with E-state index in [9.17, 15) is 13.2 Å². The molecule has 1 amide bonds. The molecule has 3 aromatic rings. The van der Waals surface area contributed by atoms with Crippen LogP contribution in [0.3, 0.4) is 0 Å². The van der Waals surface area contributed by atoms with Crippen molar-refractivity contribution in [2.24, 2.45) is 0 Å². The molecule has 0 radical (unpaired) electrons. The molecule has 33 heavy (non-hydrogen) atoms. The third-order valence-corrected chi connectivity index (χ3v) is 7.04. The molecule has 0 fully saturated rings. The highest BCUT2D eigenvalue weighted by atomic mass is 35.5. The van der Waals surface area contributed by atoms with E-state index < -0.39 is 22.5 Å². The van der Waals surface area contributed by atoms with Gasteiger partial charge >= 0.3 is 0 Å². The van der Waals surface area contributed by atoms with E-state index in [2.05, 4.69) is 5.32 Å². The second kappa shape index (κ2) is 10.6. The molecule has 1 atom stereocenters. The quantitative estimate of drug-likeness (QED) is 0.481. The Morgan fingerprint density at radius 2 is 1.61 bits per heavy atom. The summed E-state index contributed by atoms with van der Waals surface area (Å²) >= 11 is 5.99. The third-order valence-electron chi connectivity index (χ3n) is 5.02. The van der Waals surface area contributed by atoms with E-state index >= 15 is 0 Å². The first-order valence-electron chi connectivity index (χ1n) is 10.1. The Kier molecular flexibility index (Phi) is 7.84. The van der Waals surface area contributed by atoms with E-state index in [0.29, 0.717) is 16.5 Å². The molecule has 0 heterocycles. The molecule has 9 heteroatoms. The van der Waals surface area contributed by atoms with Crippen molar-refractivity contribution in [3.8, 4) is 11.5 Å². The predicted molar refractivity (Wildman–Crippen MR) is 129 cm³/mol. The zero-order chi connectivity index (χ0) is 24.0. The van der Waals surface area contributed by atoms with Crippen LogP contribution in [0.1, 0.15) is 18.5 Å². The molecule has 0 bridgehead atoms. The maximum atomic E-state index is 13.6. The minimum atomic E-state index is -4.13. The molecule has 0 aliphatic heterocycles. The summed E-state index contributed by atoms with van der Waals surface area (Å²) in [4.78, 5) is 12.8. The number of carbonyl (C=O) groups is 1. The Hall–Kier alpha value is -3.23. The average Bonchev–Trinajstić information content (AvgIpc) is 2.83. The fourth-order valence-electron chi connectivity index (χ4n) is 3.27. The molecule has 3 aromatic carbocycles. The SMILES string of the molecule is COc1ccc(S(=O)(=O)N(CC(=O)NC(C)c2ccccc2)c2ccc(Cl)cc2)cc1OC. The molecule has 1 N–H and O–H groups in total. The van der Waals surface area contributed by atoms with Crippen LogP contribution in [0, 0.1) is 0 Å². The van der Waals surface area contributed by atoms with E-state index in [1.807, 2.05) is 37.3 Å². The van der Waals surface area contributed by atoms with Crippen LogP contribution < -0.4 is 19.1 Å². The first kappa shape index (κ1) is 24.4. The summed E-state index contributed by atoms with van der Waals surface area (Å²) in [5.74, 6) is 0.200. The Balaban J connectivity index is 1.94. The van der Waals surface area contributed by atoms with E-state index in [1.54, 1.807) is 24.3 Å². The molecule has 0 aliphatic carbocycles. The van der Waals surface area contributed by atoms with Crippen molar-refractivity contribution < 1.29 is 22.7 Å². The van der Waals surface area contributed by atoms with Crippen LogP contribution >= 0.6 is 11.6 Å². The van der Waals surface area contributed by atoms with Crippen LogP contribution in [0.4, 0.5) is 5.69 Å². The molecular weight excluding hydrogens is 464 g/mol. The number of amides is 1. The van der Waals surface area contributed by atoms with Gasteiger partial charge in [0, 0.05) is 11.1 Å². The summed E-state index contributed by atoms with van der Waals surface area (Å²) in [7, 11) is -1.24. The zero-order valence-electron chi connectivity index (χ0n) is 18.5. The van der Waals surface area contributed by atoms with E-state index in [-0.39, 0.29) is 16.7 Å². The number of sulfonamides is 1. The normalized spacial score (nSPS) is 12.0. The molecule has 1 unspecified atom stereocenters. The topological polar surface area (TPSA) is 84.9 Å². The highest BCUT2D eigenvalue weighted by molar-refractivity contribution is 7.92. The van der Waals surface area contributed by atoms with E-state index in [4.69, 9.17) is 21.1 Å². The van der Waals surface area contributed by atoms with Crippen molar-refractivity contribution in [1.29, 1.82) is 0 Å². The number of carbonyl (C=O) groups excluding carboxylic acids is 1. The lowest BCUT2D eigenvalue weighted by atomic mass is 10.1. The number of ether oxygens (including phenoxy) is 2. The predicted octanol–water partition coefficient (Wildman–Crippen LogP) is 4.43. The first-order valence-corrected chi connectivity index (χ1v) is 11.9. The number of hydrogen-bond donors (Lipinski definition) is 1. The highest BCUT2D eigenvalue weighted by Crippen LogP contribution is 2.32. The number of halogens is 1. The van der Waals surface area contributed by atoms with Crippen molar-refractivity contribution in [3.05, 3.63) is 83.4 Å². The van der Waals surface area contributed by atoms with Crippen LogP contribution in [0.25, 0.3) is 0 Å². The summed E-state index contributed by atoms with van der Waals surface area (Å²) in [6.45, 7) is 1.41. The molecule has 0 aromatic heterocycles. The third kappa shape index (κ3) is 5.77. The van der Waals surface area contributed by atoms with Gasteiger partial charge in [-0.15, -0.1) is 0 Å². The second-order valence-electron chi connectivity index (χ2n) is 7.20. The van der Waals surface area contributed by atoms with Gasteiger partial charge in [-0.05, 0) is 48.9 Å². The molecule has 3 rings (SSSR count). The summed E-state index contributed by atoms with van der Waals surface area (Å²) in [5.41, 5.74) is 1.21. The Labute approximate surface area is 198 Å². The monoisotopic (exact) mass is 488 g/mol. The molecule has 174 valence electrons. The highest BCUT2D eigenvalue weighted by Gasteiger charge is 2.29. The van der Waals surface area contributed by atoms with Gasteiger partial charge in [0.1, 0.15) is 6.54 Å². The number of benzene rings is 3. The van der Waals surface area contributed by atoms with Crippen molar-refractivity contribution in [1.82, 2.24) is 5.32 Å². The van der Waals surface area contributed by atoms with Gasteiger partial charge in [0.05, 0.1) is 30.8 Å². The summed E-state index contributed by atoms with van der Waals surface area (Å²) in [6, 6.07) is 19.6. The van der Waals surface area contributed by atoms with Crippen LogP contribution in [0.15, 0.2) is 77.7 Å². The molecule has 0 saturated carbocycles. The lowest BCUT2D eigenvalue weighted by Crippen LogP contribution is -2.41. The van der Waals surface area contributed by atoms with Crippen LogP contribution in [0.2, 0.25) is 5.02 Å². The minimum absolute atomic E-state index is 0.0426. The Bertz CT molecular complexity index is 1200. The first-order chi connectivity index (χ1) is 15.8. The van der Waals surface area contributed by atoms with Gasteiger partial charge < -0.3 is 14.8 Å². The van der Waals surface area contributed by atoms with Crippen molar-refractivity contribution in [2.75, 3.05) is 25.1 Å². The number of hydrogen-bond acceptors (Lipinski definition) is 5. The van der Waals surface area contributed by atoms with Gasteiger partial charge in [-0.25, -0.2) is 8.42 Å². The van der Waals surface area contributed by atoms with Crippen molar-refractivity contribution in [2.45, 2.75) is 17.9 Å². The van der Waals surface area contributed by atoms with Gasteiger partial charge in [0.2, 0.25) is 5.91 Å². The molecular formula is C24H25ClN2O5S. The lowest BCUT2D eigenvalue weighted by molar-refractivity contribution is -0.120. The Morgan fingerprint density at radius 1 is 0.970 bits per heavy atom. The Morgan fingerprint density at radius 3 is 2.21 bits per heavy atom. The van der Waals surface area contributed by atoms with Crippen LogP contribution in [-0.4, -0.2) is 35.1 Å². The second-order valence-corrected chi connectivity index (χ2v) is 9.50. The number of rotatable bonds is 9. The number of nitrogens with one attached hydrogen (secondary N) is 1. The summed E-state index contributed by atoms with van der Waals surface area (Å²) < 4.78 is 38.7. The van der Waals surface area contributed by atoms with Gasteiger partial charge in [-0.1, -0.05) is 41.9 Å².